The number of ether oxygens (including phenoxy) is 4. The molecule has 0 aliphatic carbocycles. The van der Waals surface area contributed by atoms with Crippen LogP contribution in [0.15, 0.2) is 57.6 Å². The molecule has 0 aliphatic rings. The lowest BCUT2D eigenvalue weighted by molar-refractivity contribution is 0.262. The Morgan fingerprint density at radius 2 is 0.905 bits per heavy atom. The number of aromatic nitrogens is 2. The van der Waals surface area contributed by atoms with Crippen LogP contribution in [0.3, 0.4) is 0 Å². The number of nitrogens with zero attached hydrogens (tertiary/aromatic N) is 2. The molecule has 0 atom stereocenters. The first kappa shape index (κ1) is 31.0. The van der Waals surface area contributed by atoms with E-state index in [1.165, 1.54) is 0 Å². The highest BCUT2D eigenvalue weighted by molar-refractivity contribution is 5.72. The second-order valence-electron chi connectivity index (χ2n) is 10.1. The number of unbranched alkanes of at least 4 members (excludes halogenated alkanes) is 4. The van der Waals surface area contributed by atoms with Gasteiger partial charge in [0.1, 0.15) is 0 Å². The molecule has 42 heavy (non-hydrogen) atoms. The van der Waals surface area contributed by atoms with Crippen molar-refractivity contribution in [3.05, 3.63) is 48.8 Å². The quantitative estimate of drug-likeness (QED) is 0.102. The van der Waals surface area contributed by atoms with Crippen molar-refractivity contribution in [2.24, 2.45) is 0 Å². The van der Waals surface area contributed by atoms with E-state index in [1.54, 1.807) is 12.4 Å². The summed E-state index contributed by atoms with van der Waals surface area (Å²) in [5.41, 5.74) is 1.54. The molecule has 2 aromatic carbocycles. The highest BCUT2D eigenvalue weighted by Gasteiger charge is 2.22. The number of rotatable bonds is 19. The van der Waals surface area contributed by atoms with Gasteiger partial charge in [0.25, 0.3) is 11.8 Å². The summed E-state index contributed by atoms with van der Waals surface area (Å²) < 4.78 is 36.9. The average molecular weight is 577 g/mol. The van der Waals surface area contributed by atoms with Crippen molar-refractivity contribution < 1.29 is 27.8 Å². The fourth-order valence-corrected chi connectivity index (χ4v) is 4.23. The van der Waals surface area contributed by atoms with Gasteiger partial charge in [0.2, 0.25) is 0 Å². The lowest BCUT2D eigenvalue weighted by Gasteiger charge is -2.15. The molecular weight excluding hydrogens is 532 g/mol. The third-order valence-corrected chi connectivity index (χ3v) is 6.68. The second-order valence-corrected chi connectivity index (χ2v) is 10.1. The standard InChI is InChI=1S/C34H44N2O6/c1-5-9-19-37-27-17-13-15-25(31(27)39-21-11-7-3)29-23-35-33(41-29)34-36-24-30(42-34)26-16-14-18-28(38-20-10-6-2)32(26)40-22-12-8-4/h13-18,23-24H,5-12,19-22H2,1-4H3. The molecule has 4 aromatic rings. The van der Waals surface area contributed by atoms with Crippen LogP contribution in [0.2, 0.25) is 0 Å². The van der Waals surface area contributed by atoms with Crippen LogP contribution in [0.25, 0.3) is 34.4 Å². The molecule has 8 nitrogen and oxygen atoms in total. The van der Waals surface area contributed by atoms with Crippen LogP contribution in [0.4, 0.5) is 0 Å². The van der Waals surface area contributed by atoms with Gasteiger partial charge >= 0.3 is 0 Å². The first-order valence-corrected chi connectivity index (χ1v) is 15.4. The summed E-state index contributed by atoms with van der Waals surface area (Å²) in [6, 6.07) is 11.6. The van der Waals surface area contributed by atoms with E-state index in [9.17, 15) is 0 Å². The lowest BCUT2D eigenvalue weighted by atomic mass is 10.1. The fraction of sp³-hybridized carbons (Fsp3) is 0.471. The number of hydrogen-bond acceptors (Lipinski definition) is 8. The molecule has 0 unspecified atom stereocenters. The third kappa shape index (κ3) is 8.08. The SMILES string of the molecule is CCCCOc1cccc(-c2cnc(-c3ncc(-c4cccc(OCCCC)c4OCCCC)o3)o2)c1OCCCC. The normalized spacial score (nSPS) is 11.0. The Labute approximate surface area is 249 Å². The molecule has 0 N–H and O–H groups in total. The summed E-state index contributed by atoms with van der Waals surface area (Å²) in [6.07, 6.45) is 11.3. The third-order valence-electron chi connectivity index (χ3n) is 6.68. The molecule has 0 aliphatic heterocycles. The predicted molar refractivity (Wildman–Crippen MR) is 164 cm³/mol. The number of oxazole rings is 2. The average Bonchev–Trinajstić information content (AvgIpc) is 3.69. The second kappa shape index (κ2) is 16.5. The van der Waals surface area contributed by atoms with Gasteiger partial charge in [-0.1, -0.05) is 65.5 Å². The van der Waals surface area contributed by atoms with Gasteiger partial charge in [-0.15, -0.1) is 0 Å². The van der Waals surface area contributed by atoms with Gasteiger partial charge in [-0.25, -0.2) is 9.97 Å². The molecule has 226 valence electrons. The van der Waals surface area contributed by atoms with Crippen LogP contribution in [-0.2, 0) is 0 Å². The van der Waals surface area contributed by atoms with Crippen molar-refractivity contribution in [3.63, 3.8) is 0 Å². The van der Waals surface area contributed by atoms with Crippen LogP contribution in [0.1, 0.15) is 79.1 Å². The molecule has 0 bridgehead atoms. The molecule has 0 amide bonds. The Hall–Kier alpha value is -3.94. The Bertz CT molecular complexity index is 1260. The molecule has 0 saturated carbocycles. The van der Waals surface area contributed by atoms with E-state index in [-0.39, 0.29) is 11.8 Å². The molecule has 8 heteroatoms. The summed E-state index contributed by atoms with van der Waals surface area (Å²) in [5.74, 6) is 4.36. The van der Waals surface area contributed by atoms with E-state index in [4.69, 9.17) is 27.8 Å². The van der Waals surface area contributed by atoms with Gasteiger partial charge < -0.3 is 27.8 Å². The molecule has 0 fully saturated rings. The first-order chi connectivity index (χ1) is 20.7. The molecule has 4 rings (SSSR count). The Morgan fingerprint density at radius 1 is 0.524 bits per heavy atom. The molecule has 0 spiro atoms. The minimum Gasteiger partial charge on any atom is -0.490 e. The fourth-order valence-electron chi connectivity index (χ4n) is 4.23. The summed E-state index contributed by atoms with van der Waals surface area (Å²) in [6.45, 7) is 11.0. The van der Waals surface area contributed by atoms with E-state index in [2.05, 4.69) is 37.7 Å². The van der Waals surface area contributed by atoms with E-state index < -0.39 is 0 Å². The Balaban J connectivity index is 1.61. The van der Waals surface area contributed by atoms with Crippen LogP contribution in [-0.4, -0.2) is 36.4 Å². The molecular formula is C34H44N2O6. The summed E-state index contributed by atoms with van der Waals surface area (Å²) in [4.78, 5) is 8.98. The maximum absolute atomic E-state index is 6.19. The van der Waals surface area contributed by atoms with Gasteiger partial charge in [0, 0.05) is 0 Å². The largest absolute Gasteiger partial charge is 0.490 e. The highest BCUT2D eigenvalue weighted by atomic mass is 16.5. The van der Waals surface area contributed by atoms with Gasteiger partial charge in [-0.3, -0.25) is 0 Å². The Kier molecular flexibility index (Phi) is 12.2. The highest BCUT2D eigenvalue weighted by Crippen LogP contribution is 2.42. The van der Waals surface area contributed by atoms with Crippen LogP contribution in [0.5, 0.6) is 23.0 Å². The zero-order valence-corrected chi connectivity index (χ0v) is 25.4. The van der Waals surface area contributed by atoms with Crippen molar-refractivity contribution in [2.75, 3.05) is 26.4 Å². The smallest absolute Gasteiger partial charge is 0.284 e. The van der Waals surface area contributed by atoms with Gasteiger partial charge in [0.05, 0.1) is 49.9 Å². The Morgan fingerprint density at radius 3 is 1.29 bits per heavy atom. The van der Waals surface area contributed by atoms with E-state index >= 15 is 0 Å². The van der Waals surface area contributed by atoms with Gasteiger partial charge in [-0.05, 0) is 49.9 Å². The minimum atomic E-state index is 0.275. The van der Waals surface area contributed by atoms with Crippen molar-refractivity contribution in [3.8, 4) is 57.4 Å². The summed E-state index contributed by atoms with van der Waals surface area (Å²) in [7, 11) is 0. The molecule has 0 radical (unpaired) electrons. The molecule has 2 heterocycles. The van der Waals surface area contributed by atoms with Crippen LogP contribution >= 0.6 is 0 Å². The van der Waals surface area contributed by atoms with Crippen LogP contribution in [0, 0.1) is 0 Å². The van der Waals surface area contributed by atoms with Crippen LogP contribution < -0.4 is 18.9 Å². The summed E-state index contributed by atoms with van der Waals surface area (Å²) >= 11 is 0. The zero-order valence-electron chi connectivity index (χ0n) is 25.4. The molecule has 2 aromatic heterocycles. The number of benzene rings is 2. The van der Waals surface area contributed by atoms with E-state index in [0.29, 0.717) is 60.9 Å². The zero-order chi connectivity index (χ0) is 29.6. The maximum Gasteiger partial charge on any atom is 0.284 e. The van der Waals surface area contributed by atoms with Crippen molar-refractivity contribution in [1.82, 2.24) is 9.97 Å². The van der Waals surface area contributed by atoms with Crippen molar-refractivity contribution in [1.29, 1.82) is 0 Å². The van der Waals surface area contributed by atoms with E-state index in [1.807, 2.05) is 36.4 Å². The first-order valence-electron chi connectivity index (χ1n) is 15.4. The van der Waals surface area contributed by atoms with Crippen molar-refractivity contribution in [2.45, 2.75) is 79.1 Å². The number of para-hydroxylation sites is 2. The summed E-state index contributed by atoms with van der Waals surface area (Å²) in [5, 5.41) is 0. The lowest BCUT2D eigenvalue weighted by Crippen LogP contribution is -2.03. The number of hydrogen-bond donors (Lipinski definition) is 0. The minimum absolute atomic E-state index is 0.275. The van der Waals surface area contributed by atoms with Crippen molar-refractivity contribution >= 4 is 0 Å². The van der Waals surface area contributed by atoms with Gasteiger partial charge in [-0.2, -0.15) is 0 Å². The predicted octanol–water partition coefficient (Wildman–Crippen LogP) is 9.38. The monoisotopic (exact) mass is 576 g/mol. The topological polar surface area (TPSA) is 89.0 Å². The van der Waals surface area contributed by atoms with E-state index in [0.717, 1.165) is 62.5 Å². The molecule has 0 saturated heterocycles. The maximum atomic E-state index is 6.19. The van der Waals surface area contributed by atoms with Gasteiger partial charge in [0.15, 0.2) is 34.5 Å².